The van der Waals surface area contributed by atoms with Crippen molar-refractivity contribution < 1.29 is 19.0 Å². The number of nitrogens with one attached hydrogen (secondary N) is 1. The number of rotatable bonds is 7. The van der Waals surface area contributed by atoms with Crippen molar-refractivity contribution in [2.45, 2.75) is 45.3 Å². The Labute approximate surface area is 142 Å². The molecule has 0 saturated carbocycles. The van der Waals surface area contributed by atoms with Gasteiger partial charge in [0.1, 0.15) is 0 Å². The summed E-state index contributed by atoms with van der Waals surface area (Å²) in [5.41, 5.74) is 3.10. The van der Waals surface area contributed by atoms with E-state index in [1.54, 1.807) is 0 Å². The standard InChI is InChI=1S/C19H25NO4/c1-2-22-18(21)13-17-15(14-7-3-4-8-16(14)20-17)10-12-24-19-9-5-6-11-23-19/h3-4,7-8,19-20H,2,5-6,9-13H2,1H3. The molecule has 0 bridgehead atoms. The van der Waals surface area contributed by atoms with Gasteiger partial charge in [-0.3, -0.25) is 4.79 Å². The minimum atomic E-state index is -0.207. The van der Waals surface area contributed by atoms with Crippen LogP contribution < -0.4 is 0 Å². The molecule has 1 N–H and O–H groups in total. The number of hydrogen-bond acceptors (Lipinski definition) is 4. The Morgan fingerprint density at radius 1 is 1.33 bits per heavy atom. The Morgan fingerprint density at radius 2 is 2.21 bits per heavy atom. The zero-order valence-electron chi connectivity index (χ0n) is 14.2. The van der Waals surface area contributed by atoms with Crippen LogP contribution in [0.2, 0.25) is 0 Å². The first-order chi connectivity index (χ1) is 11.8. The highest BCUT2D eigenvalue weighted by molar-refractivity contribution is 5.86. The maximum absolute atomic E-state index is 11.9. The quantitative estimate of drug-likeness (QED) is 0.790. The molecule has 0 radical (unpaired) electrons. The molecule has 0 aliphatic carbocycles. The molecule has 3 rings (SSSR count). The normalized spacial score (nSPS) is 18.0. The second-order valence-corrected chi connectivity index (χ2v) is 6.03. The molecular formula is C19H25NO4. The number of H-pyrrole nitrogens is 1. The highest BCUT2D eigenvalue weighted by Gasteiger charge is 2.17. The number of benzene rings is 1. The monoisotopic (exact) mass is 331 g/mol. The molecule has 2 aromatic rings. The third-order valence-electron chi connectivity index (χ3n) is 4.32. The molecular weight excluding hydrogens is 306 g/mol. The number of aromatic nitrogens is 1. The lowest BCUT2D eigenvalue weighted by molar-refractivity contribution is -0.161. The van der Waals surface area contributed by atoms with Crippen LogP contribution in [0.4, 0.5) is 0 Å². The predicted octanol–water partition coefficient (Wildman–Crippen LogP) is 3.36. The first-order valence-electron chi connectivity index (χ1n) is 8.75. The molecule has 130 valence electrons. The van der Waals surface area contributed by atoms with Gasteiger partial charge >= 0.3 is 5.97 Å². The number of esters is 1. The summed E-state index contributed by atoms with van der Waals surface area (Å²) in [7, 11) is 0. The van der Waals surface area contributed by atoms with Crippen LogP contribution in [0.25, 0.3) is 10.9 Å². The lowest BCUT2D eigenvalue weighted by atomic mass is 10.1. The second kappa shape index (κ2) is 8.31. The molecule has 2 heterocycles. The number of para-hydroxylation sites is 1. The van der Waals surface area contributed by atoms with Gasteiger partial charge in [0, 0.05) is 23.2 Å². The number of ether oxygens (including phenoxy) is 3. The van der Waals surface area contributed by atoms with Gasteiger partial charge in [0.05, 0.1) is 19.6 Å². The number of fused-ring (bicyclic) bond motifs is 1. The van der Waals surface area contributed by atoms with Crippen molar-refractivity contribution >= 4 is 16.9 Å². The van der Waals surface area contributed by atoms with Gasteiger partial charge in [-0.25, -0.2) is 0 Å². The summed E-state index contributed by atoms with van der Waals surface area (Å²) in [6.07, 6.45) is 4.16. The molecule has 0 spiro atoms. The van der Waals surface area contributed by atoms with Crippen LogP contribution in [0, 0.1) is 0 Å². The summed E-state index contributed by atoms with van der Waals surface area (Å²) in [5.74, 6) is -0.207. The lowest BCUT2D eigenvalue weighted by Gasteiger charge is -2.22. The molecule has 1 aliphatic rings. The maximum atomic E-state index is 11.9. The second-order valence-electron chi connectivity index (χ2n) is 6.03. The molecule has 1 aromatic heterocycles. The summed E-state index contributed by atoms with van der Waals surface area (Å²) in [6, 6.07) is 8.10. The summed E-state index contributed by atoms with van der Waals surface area (Å²) in [6.45, 7) is 3.59. The molecule has 1 aromatic carbocycles. The van der Waals surface area contributed by atoms with E-state index >= 15 is 0 Å². The van der Waals surface area contributed by atoms with E-state index in [0.717, 1.165) is 54.5 Å². The van der Waals surface area contributed by atoms with E-state index in [1.165, 1.54) is 0 Å². The van der Waals surface area contributed by atoms with Crippen molar-refractivity contribution in [3.8, 4) is 0 Å². The van der Waals surface area contributed by atoms with E-state index in [0.29, 0.717) is 13.2 Å². The average molecular weight is 331 g/mol. The Bertz CT molecular complexity index is 673. The highest BCUT2D eigenvalue weighted by Crippen LogP contribution is 2.24. The largest absolute Gasteiger partial charge is 0.466 e. The SMILES string of the molecule is CCOC(=O)Cc1[nH]c2ccccc2c1CCOC1CCCCO1. The fraction of sp³-hybridized carbons (Fsp3) is 0.526. The maximum Gasteiger partial charge on any atom is 0.311 e. The first kappa shape index (κ1) is 17.0. The van der Waals surface area contributed by atoms with Crippen molar-refractivity contribution in [2.75, 3.05) is 19.8 Å². The van der Waals surface area contributed by atoms with Crippen LogP contribution >= 0.6 is 0 Å². The zero-order chi connectivity index (χ0) is 16.8. The van der Waals surface area contributed by atoms with Gasteiger partial charge in [0.25, 0.3) is 0 Å². The summed E-state index contributed by atoms with van der Waals surface area (Å²) in [4.78, 5) is 15.2. The van der Waals surface area contributed by atoms with E-state index in [-0.39, 0.29) is 18.7 Å². The number of carbonyl (C=O) groups excluding carboxylic acids is 1. The fourth-order valence-corrected chi connectivity index (χ4v) is 3.18. The summed E-state index contributed by atoms with van der Waals surface area (Å²) < 4.78 is 16.6. The topological polar surface area (TPSA) is 60.6 Å². The van der Waals surface area contributed by atoms with Crippen LogP contribution in [0.5, 0.6) is 0 Å². The van der Waals surface area contributed by atoms with Crippen molar-refractivity contribution in [3.05, 3.63) is 35.5 Å². The van der Waals surface area contributed by atoms with Gasteiger partial charge in [-0.1, -0.05) is 18.2 Å². The van der Waals surface area contributed by atoms with E-state index in [1.807, 2.05) is 25.1 Å². The third-order valence-corrected chi connectivity index (χ3v) is 4.32. The van der Waals surface area contributed by atoms with E-state index < -0.39 is 0 Å². The van der Waals surface area contributed by atoms with Crippen molar-refractivity contribution in [3.63, 3.8) is 0 Å². The van der Waals surface area contributed by atoms with Crippen LogP contribution in [0.3, 0.4) is 0 Å². The van der Waals surface area contributed by atoms with Gasteiger partial charge in [-0.05, 0) is 44.2 Å². The minimum absolute atomic E-state index is 0.0857. The van der Waals surface area contributed by atoms with E-state index in [4.69, 9.17) is 14.2 Å². The van der Waals surface area contributed by atoms with Crippen LogP contribution in [0.15, 0.2) is 24.3 Å². The minimum Gasteiger partial charge on any atom is -0.466 e. The number of carbonyl (C=O) groups is 1. The molecule has 5 nitrogen and oxygen atoms in total. The van der Waals surface area contributed by atoms with Gasteiger partial charge in [0.2, 0.25) is 0 Å². The van der Waals surface area contributed by atoms with Crippen LogP contribution in [0.1, 0.15) is 37.4 Å². The Morgan fingerprint density at radius 3 is 3.00 bits per heavy atom. The summed E-state index contributed by atoms with van der Waals surface area (Å²) >= 11 is 0. The van der Waals surface area contributed by atoms with Gasteiger partial charge in [0.15, 0.2) is 6.29 Å². The molecule has 5 heteroatoms. The van der Waals surface area contributed by atoms with E-state index in [2.05, 4.69) is 11.1 Å². The van der Waals surface area contributed by atoms with Gasteiger partial charge < -0.3 is 19.2 Å². The van der Waals surface area contributed by atoms with Crippen molar-refractivity contribution in [2.24, 2.45) is 0 Å². The Balaban J connectivity index is 1.70. The highest BCUT2D eigenvalue weighted by atomic mass is 16.7. The smallest absolute Gasteiger partial charge is 0.311 e. The molecule has 24 heavy (non-hydrogen) atoms. The molecule has 1 atom stereocenters. The molecule has 1 saturated heterocycles. The Hall–Kier alpha value is -1.85. The molecule has 1 aliphatic heterocycles. The lowest BCUT2D eigenvalue weighted by Crippen LogP contribution is -2.23. The van der Waals surface area contributed by atoms with Gasteiger partial charge in [-0.2, -0.15) is 0 Å². The molecule has 1 fully saturated rings. The number of hydrogen-bond donors (Lipinski definition) is 1. The summed E-state index contributed by atoms with van der Waals surface area (Å²) in [5, 5.41) is 1.14. The van der Waals surface area contributed by atoms with Gasteiger partial charge in [-0.15, -0.1) is 0 Å². The van der Waals surface area contributed by atoms with Crippen LogP contribution in [-0.4, -0.2) is 37.1 Å². The Kier molecular flexibility index (Phi) is 5.88. The first-order valence-corrected chi connectivity index (χ1v) is 8.75. The predicted molar refractivity (Wildman–Crippen MR) is 91.9 cm³/mol. The molecule has 1 unspecified atom stereocenters. The van der Waals surface area contributed by atoms with Crippen molar-refractivity contribution in [1.29, 1.82) is 0 Å². The zero-order valence-corrected chi connectivity index (χ0v) is 14.2. The fourth-order valence-electron chi connectivity index (χ4n) is 3.18. The molecule has 0 amide bonds. The van der Waals surface area contributed by atoms with E-state index in [9.17, 15) is 4.79 Å². The third kappa shape index (κ3) is 4.16. The average Bonchev–Trinajstić information content (AvgIpc) is 2.93. The van der Waals surface area contributed by atoms with Crippen molar-refractivity contribution in [1.82, 2.24) is 4.98 Å². The number of aromatic amines is 1. The van der Waals surface area contributed by atoms with Crippen LogP contribution in [-0.2, 0) is 31.8 Å².